The largest absolute Gasteiger partial charge is 0.379 e. The molecule has 162 valence electrons. The van der Waals surface area contributed by atoms with Crippen molar-refractivity contribution < 1.29 is 13.6 Å². The van der Waals surface area contributed by atoms with Gasteiger partial charge in [0.1, 0.15) is 17.7 Å². The summed E-state index contributed by atoms with van der Waals surface area (Å²) in [5.74, 6) is 0.151. The van der Waals surface area contributed by atoms with Gasteiger partial charge in [-0.15, -0.1) is 0 Å². The van der Waals surface area contributed by atoms with Crippen molar-refractivity contribution in [2.75, 3.05) is 5.75 Å². The van der Waals surface area contributed by atoms with Crippen LogP contribution < -0.4 is 5.73 Å². The Hall–Kier alpha value is -2.35. The van der Waals surface area contributed by atoms with Gasteiger partial charge in [0.15, 0.2) is 11.0 Å². The predicted molar refractivity (Wildman–Crippen MR) is 119 cm³/mol. The molecule has 0 fully saturated rings. The van der Waals surface area contributed by atoms with Crippen molar-refractivity contribution in [3.8, 4) is 0 Å². The van der Waals surface area contributed by atoms with Crippen molar-refractivity contribution in [2.24, 2.45) is 10.7 Å². The van der Waals surface area contributed by atoms with Crippen molar-refractivity contribution in [1.82, 2.24) is 9.97 Å². The number of nitrogens with two attached hydrogens (primary N) is 1. The van der Waals surface area contributed by atoms with Gasteiger partial charge in [-0.05, 0) is 25.8 Å². The van der Waals surface area contributed by atoms with Crippen molar-refractivity contribution >= 4 is 22.7 Å². The van der Waals surface area contributed by atoms with Crippen molar-refractivity contribution in [3.05, 3.63) is 60.0 Å². The molecule has 2 heterocycles. The molecule has 0 amide bonds. The zero-order chi connectivity index (χ0) is 21.9. The van der Waals surface area contributed by atoms with Gasteiger partial charge in [0.25, 0.3) is 0 Å². The maximum Gasteiger partial charge on any atom is 0.186 e. The van der Waals surface area contributed by atoms with Gasteiger partial charge in [-0.25, -0.2) is 13.8 Å². The molecule has 0 aliphatic carbocycles. The number of allylic oxidation sites excluding steroid dienone is 3. The van der Waals surface area contributed by atoms with E-state index in [0.717, 1.165) is 31.4 Å². The molecule has 8 heteroatoms. The van der Waals surface area contributed by atoms with Crippen LogP contribution in [0.15, 0.2) is 53.6 Å². The van der Waals surface area contributed by atoms with Gasteiger partial charge < -0.3 is 5.73 Å². The summed E-state index contributed by atoms with van der Waals surface area (Å²) in [6.45, 7) is 5.21. The number of aliphatic imine (C=N–C) groups is 1. The number of nitrogens with zero attached hydrogens (tertiary/aromatic N) is 3. The zero-order valence-electron chi connectivity index (χ0n) is 17.2. The lowest BCUT2D eigenvalue weighted by atomic mass is 10.0. The summed E-state index contributed by atoms with van der Waals surface area (Å²) in [6, 6.07) is -0.381. The number of thioether (sulfide) groups is 1. The number of hydrogen-bond donors (Lipinski definition) is 1. The van der Waals surface area contributed by atoms with E-state index < -0.39 is 12.0 Å². The van der Waals surface area contributed by atoms with E-state index in [1.54, 1.807) is 0 Å². The fourth-order valence-electron chi connectivity index (χ4n) is 2.86. The van der Waals surface area contributed by atoms with Crippen LogP contribution >= 0.6 is 11.8 Å². The first kappa shape index (κ1) is 23.9. The highest BCUT2D eigenvalue weighted by Gasteiger charge is 2.16. The molecule has 0 spiro atoms. The lowest BCUT2D eigenvalue weighted by Gasteiger charge is -2.16. The Morgan fingerprint density at radius 3 is 2.80 bits per heavy atom. The molecule has 2 atom stereocenters. The number of rotatable bonds is 7. The van der Waals surface area contributed by atoms with E-state index in [-0.39, 0.29) is 35.2 Å². The van der Waals surface area contributed by atoms with Gasteiger partial charge in [0.2, 0.25) is 0 Å². The fraction of sp³-hybridized carbons (Fsp3) is 0.455. The van der Waals surface area contributed by atoms with E-state index in [2.05, 4.69) is 21.5 Å². The summed E-state index contributed by atoms with van der Waals surface area (Å²) in [6.07, 6.45) is 10.5. The summed E-state index contributed by atoms with van der Waals surface area (Å²) in [5.41, 5.74) is 6.54. The van der Waals surface area contributed by atoms with Gasteiger partial charge in [-0.2, -0.15) is 0 Å². The average molecular weight is 435 g/mol. The van der Waals surface area contributed by atoms with Gasteiger partial charge >= 0.3 is 0 Å². The van der Waals surface area contributed by atoms with Crippen LogP contribution in [-0.4, -0.2) is 32.7 Å². The van der Waals surface area contributed by atoms with E-state index in [4.69, 9.17) is 5.73 Å². The predicted octanol–water partition coefficient (Wildman–Crippen LogP) is 5.43. The number of halogens is 2. The highest BCUT2D eigenvalue weighted by molar-refractivity contribution is 8.13. The molecular weight excluding hydrogens is 406 g/mol. The number of carbonyl (C=O) groups excluding carboxylic acids is 1. The van der Waals surface area contributed by atoms with Crippen LogP contribution in [0.5, 0.6) is 0 Å². The number of alkyl halides is 1. The molecule has 0 aromatic carbocycles. The Morgan fingerprint density at radius 1 is 1.33 bits per heavy atom. The molecule has 1 aromatic heterocycles. The molecule has 5 nitrogen and oxygen atoms in total. The number of aromatic nitrogens is 2. The highest BCUT2D eigenvalue weighted by atomic mass is 32.2. The maximum atomic E-state index is 14.5. The minimum atomic E-state index is -1.24. The molecule has 2 rings (SSSR count). The standard InChI is InChI=1S/C22H28F2N4OS/c1-15(18-10-5-3-4-8-12-30-22(25)28-18)17(24)9-6-7-11-21(29)20-14-26-19(13-27-20)16(2)23/h6-7,9,13-14,16,18H,1,3-5,8,10-12H2,2H3,(H2,25,28)/b7-6+,17-9+/t16?,18-/m1/s1. The third-order valence-electron chi connectivity index (χ3n) is 4.66. The number of ketones is 1. The van der Waals surface area contributed by atoms with Gasteiger partial charge in [-0.3, -0.25) is 14.8 Å². The maximum absolute atomic E-state index is 14.5. The van der Waals surface area contributed by atoms with Crippen LogP contribution in [0.1, 0.15) is 67.8 Å². The summed E-state index contributed by atoms with van der Waals surface area (Å²) in [5, 5.41) is 0.464. The summed E-state index contributed by atoms with van der Waals surface area (Å²) in [7, 11) is 0. The Kier molecular flexibility index (Phi) is 9.86. The third-order valence-corrected chi connectivity index (χ3v) is 5.55. The van der Waals surface area contributed by atoms with Crippen molar-refractivity contribution in [3.63, 3.8) is 0 Å². The molecule has 0 saturated heterocycles. The first-order valence-electron chi connectivity index (χ1n) is 10.0. The Bertz CT molecular complexity index is 819. The zero-order valence-corrected chi connectivity index (χ0v) is 18.0. The number of amidine groups is 1. The molecule has 0 saturated carbocycles. The SMILES string of the molecule is C=C(/C(F)=C\C=C\CC(=O)c1cnc(C(C)F)cn1)[C@H]1CCCCCCSC(N)=N1. The molecular formula is C22H28F2N4OS. The number of carbonyl (C=O) groups is 1. The normalized spacial score (nSPS) is 19.9. The number of hydrogen-bond acceptors (Lipinski definition) is 6. The van der Waals surface area contributed by atoms with Crippen molar-refractivity contribution in [1.29, 1.82) is 0 Å². The van der Waals surface area contributed by atoms with E-state index in [0.29, 0.717) is 11.6 Å². The number of Topliss-reactive ketones (excluding diaryl/α,β-unsaturated/α-hetero) is 1. The summed E-state index contributed by atoms with van der Waals surface area (Å²) >= 11 is 1.49. The van der Waals surface area contributed by atoms with E-state index >= 15 is 0 Å². The van der Waals surface area contributed by atoms with E-state index in [9.17, 15) is 13.6 Å². The van der Waals surface area contributed by atoms with Crippen molar-refractivity contribution in [2.45, 2.75) is 57.7 Å². The lowest BCUT2D eigenvalue weighted by Crippen LogP contribution is -2.17. The second-order valence-electron chi connectivity index (χ2n) is 7.07. The van der Waals surface area contributed by atoms with Crippen LogP contribution in [0, 0.1) is 0 Å². The summed E-state index contributed by atoms with van der Waals surface area (Å²) in [4.78, 5) is 24.3. The molecule has 0 radical (unpaired) electrons. The molecule has 1 aliphatic rings. The monoisotopic (exact) mass is 434 g/mol. The third kappa shape index (κ3) is 7.82. The minimum Gasteiger partial charge on any atom is -0.379 e. The molecule has 2 N–H and O–H groups in total. The fourth-order valence-corrected chi connectivity index (χ4v) is 3.62. The van der Waals surface area contributed by atoms with Crippen LogP contribution in [0.25, 0.3) is 0 Å². The van der Waals surface area contributed by atoms with Gasteiger partial charge in [0, 0.05) is 17.7 Å². The quantitative estimate of drug-likeness (QED) is 0.457. The Balaban J connectivity index is 1.94. The molecule has 1 unspecified atom stereocenters. The molecule has 1 aliphatic heterocycles. The first-order valence-corrected chi connectivity index (χ1v) is 11.0. The molecule has 30 heavy (non-hydrogen) atoms. The van der Waals surface area contributed by atoms with Gasteiger partial charge in [0.05, 0.1) is 24.1 Å². The lowest BCUT2D eigenvalue weighted by molar-refractivity contribution is 0.0990. The first-order chi connectivity index (χ1) is 14.4. The minimum absolute atomic E-state index is 0.0284. The van der Waals surface area contributed by atoms with Crippen LogP contribution in [0.2, 0.25) is 0 Å². The van der Waals surface area contributed by atoms with Gasteiger partial charge in [-0.1, -0.05) is 49.8 Å². The average Bonchev–Trinajstić information content (AvgIpc) is 2.74. The van der Waals surface area contributed by atoms with Crippen LogP contribution in [-0.2, 0) is 0 Å². The summed E-state index contributed by atoms with van der Waals surface area (Å²) < 4.78 is 27.7. The Morgan fingerprint density at radius 2 is 2.10 bits per heavy atom. The topological polar surface area (TPSA) is 81.2 Å². The molecule has 0 bridgehead atoms. The van der Waals surface area contributed by atoms with E-state index in [1.165, 1.54) is 49.3 Å². The Labute approximate surface area is 180 Å². The second kappa shape index (κ2) is 12.4. The van der Waals surface area contributed by atoms with E-state index in [1.807, 2.05) is 0 Å². The van der Waals surface area contributed by atoms with Crippen LogP contribution in [0.3, 0.4) is 0 Å². The van der Waals surface area contributed by atoms with Crippen LogP contribution in [0.4, 0.5) is 8.78 Å². The smallest absolute Gasteiger partial charge is 0.186 e. The highest BCUT2D eigenvalue weighted by Crippen LogP contribution is 2.24. The molecule has 1 aromatic rings. The second-order valence-corrected chi connectivity index (χ2v) is 8.19.